The van der Waals surface area contributed by atoms with E-state index in [1.807, 2.05) is 6.07 Å². The average Bonchev–Trinajstić information content (AvgIpc) is 2.88. The highest BCUT2D eigenvalue weighted by molar-refractivity contribution is 9.10. The molecule has 7 heteroatoms. The molecule has 0 unspecified atom stereocenters. The molecule has 0 amide bonds. The third-order valence-corrected chi connectivity index (χ3v) is 3.77. The van der Waals surface area contributed by atoms with Crippen molar-refractivity contribution in [3.05, 3.63) is 57.8 Å². The van der Waals surface area contributed by atoms with Crippen LogP contribution in [0.1, 0.15) is 10.4 Å². The number of aromatic nitrogens is 2. The molecule has 0 saturated carbocycles. The summed E-state index contributed by atoms with van der Waals surface area (Å²) >= 11 is 9.47. The first-order chi connectivity index (χ1) is 10.0. The van der Waals surface area contributed by atoms with Gasteiger partial charge in [-0.15, -0.1) is 0 Å². The quantitative estimate of drug-likeness (QED) is 0.729. The van der Waals surface area contributed by atoms with Crippen LogP contribution >= 0.6 is 27.5 Å². The van der Waals surface area contributed by atoms with Gasteiger partial charge in [0.05, 0.1) is 33.7 Å². The zero-order valence-electron chi connectivity index (χ0n) is 10.5. The van der Waals surface area contributed by atoms with Crippen LogP contribution in [-0.2, 0) is 0 Å². The minimum atomic E-state index is -1.02. The molecule has 0 saturated heterocycles. The Balaban J connectivity index is 2.09. The Morgan fingerprint density at radius 3 is 2.81 bits per heavy atom. The fraction of sp³-hybridized carbons (Fsp3) is 0. The molecule has 3 rings (SSSR count). The van der Waals surface area contributed by atoms with Crippen LogP contribution in [0.2, 0.25) is 5.02 Å². The van der Waals surface area contributed by atoms with Crippen molar-refractivity contribution >= 4 is 50.4 Å². The van der Waals surface area contributed by atoms with Crippen molar-refractivity contribution < 1.29 is 9.90 Å². The van der Waals surface area contributed by atoms with Crippen molar-refractivity contribution in [2.24, 2.45) is 0 Å². The van der Waals surface area contributed by atoms with Crippen LogP contribution in [0.5, 0.6) is 0 Å². The molecule has 0 aliphatic rings. The zero-order valence-corrected chi connectivity index (χ0v) is 12.9. The number of anilines is 2. The van der Waals surface area contributed by atoms with E-state index in [1.54, 1.807) is 41.2 Å². The van der Waals surface area contributed by atoms with E-state index in [1.165, 1.54) is 0 Å². The summed E-state index contributed by atoms with van der Waals surface area (Å²) in [6, 6.07) is 8.62. The number of carboxylic acid groups (broad SMARTS) is 1. The van der Waals surface area contributed by atoms with Gasteiger partial charge in [0.15, 0.2) is 0 Å². The number of rotatable bonds is 3. The molecule has 0 aliphatic heterocycles. The van der Waals surface area contributed by atoms with Crippen LogP contribution in [0, 0.1) is 0 Å². The van der Waals surface area contributed by atoms with Gasteiger partial charge in [0.2, 0.25) is 0 Å². The summed E-state index contributed by atoms with van der Waals surface area (Å²) in [5, 5.41) is 17.0. The molecule has 1 aromatic carbocycles. The molecule has 0 radical (unpaired) electrons. The minimum absolute atomic E-state index is 0.155. The van der Waals surface area contributed by atoms with Crippen LogP contribution in [0.25, 0.3) is 5.52 Å². The first-order valence-corrected chi connectivity index (χ1v) is 7.14. The number of nitrogens with zero attached hydrogens (tertiary/aromatic N) is 2. The normalized spacial score (nSPS) is 10.8. The number of hydrogen-bond donors (Lipinski definition) is 2. The number of pyridine rings is 1. The Labute approximate surface area is 133 Å². The Hall–Kier alpha value is -2.05. The summed E-state index contributed by atoms with van der Waals surface area (Å²) in [5.74, 6) is -1.02. The number of benzene rings is 1. The van der Waals surface area contributed by atoms with Crippen LogP contribution in [0.4, 0.5) is 11.4 Å². The molecule has 2 N–H and O–H groups in total. The second kappa shape index (κ2) is 5.38. The van der Waals surface area contributed by atoms with E-state index in [4.69, 9.17) is 11.6 Å². The van der Waals surface area contributed by atoms with Gasteiger partial charge in [-0.1, -0.05) is 27.5 Å². The summed E-state index contributed by atoms with van der Waals surface area (Å²) in [5.41, 5.74) is 1.90. The number of carbonyl (C=O) groups is 1. The van der Waals surface area contributed by atoms with Gasteiger partial charge in [-0.05, 0) is 30.3 Å². The van der Waals surface area contributed by atoms with Crippen LogP contribution in [0.3, 0.4) is 0 Å². The first-order valence-electron chi connectivity index (χ1n) is 5.97. The molecule has 21 heavy (non-hydrogen) atoms. The van der Waals surface area contributed by atoms with Crippen molar-refractivity contribution in [1.29, 1.82) is 0 Å². The van der Waals surface area contributed by atoms with Crippen molar-refractivity contribution in [2.45, 2.75) is 0 Å². The molecule has 0 atom stereocenters. The lowest BCUT2D eigenvalue weighted by Gasteiger charge is -2.12. The summed E-state index contributed by atoms with van der Waals surface area (Å²) in [4.78, 5) is 11.4. The van der Waals surface area contributed by atoms with Gasteiger partial charge in [-0.3, -0.25) is 0 Å². The van der Waals surface area contributed by atoms with E-state index in [0.29, 0.717) is 21.9 Å². The molecule has 2 heterocycles. The summed E-state index contributed by atoms with van der Waals surface area (Å²) in [6.07, 6.45) is 3.23. The van der Waals surface area contributed by atoms with E-state index < -0.39 is 5.97 Å². The Bertz CT molecular complexity index is 847. The first kappa shape index (κ1) is 13.9. The van der Waals surface area contributed by atoms with Gasteiger partial charge < -0.3 is 10.4 Å². The van der Waals surface area contributed by atoms with Gasteiger partial charge in [0, 0.05) is 10.7 Å². The zero-order chi connectivity index (χ0) is 15.0. The van der Waals surface area contributed by atoms with E-state index in [-0.39, 0.29) is 5.56 Å². The number of hydrogen-bond acceptors (Lipinski definition) is 3. The maximum atomic E-state index is 11.4. The fourth-order valence-electron chi connectivity index (χ4n) is 1.98. The standard InChI is InChI=1S/C14H9BrClN3O2/c15-8-1-2-12(11(16)5-8)18-13-7-19-9(3-4-17-19)6-10(13)14(20)21/h1-7,18H,(H,20,21). The van der Waals surface area contributed by atoms with Gasteiger partial charge >= 0.3 is 5.97 Å². The Kier molecular flexibility index (Phi) is 3.57. The predicted octanol–water partition coefficient (Wildman–Crippen LogP) is 4.19. The third-order valence-electron chi connectivity index (χ3n) is 2.97. The van der Waals surface area contributed by atoms with Crippen LogP contribution in [0.15, 0.2) is 47.2 Å². The lowest BCUT2D eigenvalue weighted by atomic mass is 10.2. The fourth-order valence-corrected chi connectivity index (χ4v) is 2.70. The molecule has 0 fully saturated rings. The number of fused-ring (bicyclic) bond motifs is 1. The lowest BCUT2D eigenvalue weighted by Crippen LogP contribution is -2.05. The van der Waals surface area contributed by atoms with Crippen molar-refractivity contribution in [1.82, 2.24) is 9.61 Å². The van der Waals surface area contributed by atoms with Crippen molar-refractivity contribution in [2.75, 3.05) is 5.32 Å². The highest BCUT2D eigenvalue weighted by atomic mass is 79.9. The Morgan fingerprint density at radius 1 is 1.29 bits per heavy atom. The highest BCUT2D eigenvalue weighted by Crippen LogP contribution is 2.30. The highest BCUT2D eigenvalue weighted by Gasteiger charge is 2.13. The largest absolute Gasteiger partial charge is 0.478 e. The number of nitrogens with one attached hydrogen (secondary N) is 1. The van der Waals surface area contributed by atoms with Gasteiger partial charge in [-0.25, -0.2) is 9.31 Å². The topological polar surface area (TPSA) is 66.6 Å². The van der Waals surface area contributed by atoms with Gasteiger partial charge in [0.1, 0.15) is 0 Å². The molecular formula is C14H9BrClN3O2. The number of halogens is 2. The van der Waals surface area contributed by atoms with Gasteiger partial charge in [0.25, 0.3) is 0 Å². The third kappa shape index (κ3) is 2.72. The molecule has 0 bridgehead atoms. The predicted molar refractivity (Wildman–Crippen MR) is 84.6 cm³/mol. The summed E-state index contributed by atoms with van der Waals surface area (Å²) in [7, 11) is 0. The van der Waals surface area contributed by atoms with Crippen LogP contribution in [-0.4, -0.2) is 20.7 Å². The van der Waals surface area contributed by atoms with E-state index >= 15 is 0 Å². The molecule has 5 nitrogen and oxygen atoms in total. The van der Waals surface area contributed by atoms with Crippen molar-refractivity contribution in [3.63, 3.8) is 0 Å². The second-order valence-corrected chi connectivity index (χ2v) is 5.68. The lowest BCUT2D eigenvalue weighted by molar-refractivity contribution is 0.0698. The molecule has 106 valence electrons. The van der Waals surface area contributed by atoms with E-state index in [9.17, 15) is 9.90 Å². The van der Waals surface area contributed by atoms with Gasteiger partial charge in [-0.2, -0.15) is 5.10 Å². The van der Waals surface area contributed by atoms with E-state index in [0.717, 1.165) is 4.47 Å². The van der Waals surface area contributed by atoms with Crippen molar-refractivity contribution in [3.8, 4) is 0 Å². The van der Waals surface area contributed by atoms with E-state index in [2.05, 4.69) is 26.3 Å². The number of carboxylic acids is 1. The summed E-state index contributed by atoms with van der Waals surface area (Å²) in [6.45, 7) is 0. The molecule has 3 aromatic rings. The summed E-state index contributed by atoms with van der Waals surface area (Å²) < 4.78 is 2.45. The average molecular weight is 367 g/mol. The Morgan fingerprint density at radius 2 is 2.10 bits per heavy atom. The van der Waals surface area contributed by atoms with Crippen LogP contribution < -0.4 is 5.32 Å². The second-order valence-electron chi connectivity index (χ2n) is 4.36. The molecule has 2 aromatic heterocycles. The maximum absolute atomic E-state index is 11.4. The number of aromatic carboxylic acids is 1. The monoisotopic (exact) mass is 365 g/mol. The smallest absolute Gasteiger partial charge is 0.337 e. The molecular weight excluding hydrogens is 358 g/mol. The molecule has 0 aliphatic carbocycles. The molecule has 0 spiro atoms. The minimum Gasteiger partial charge on any atom is -0.478 e. The maximum Gasteiger partial charge on any atom is 0.337 e. The SMILES string of the molecule is O=C(O)c1cc2ccnn2cc1Nc1ccc(Br)cc1Cl.